The number of carbonyl (C=O) groups is 2. The Morgan fingerprint density at radius 2 is 1.79 bits per heavy atom. The van der Waals surface area contributed by atoms with Gasteiger partial charge in [0.05, 0.1) is 5.52 Å². The number of nitrogens with zero attached hydrogens (tertiary/aromatic N) is 1. The SMILES string of the molecule is Cc1c(C(C(=O)[O-])C2CCC2)c2c(F)c(O)c(F)cc2n1C(=O)c1ccc(OC(F)(F)F)cc1. The molecule has 0 bridgehead atoms. The molecule has 1 unspecified atom stereocenters. The molecular formula is C23H17F5NO5-. The van der Waals surface area contributed by atoms with Gasteiger partial charge in [0.2, 0.25) is 0 Å². The van der Waals surface area contributed by atoms with E-state index in [9.17, 15) is 37.4 Å². The zero-order valence-electron chi connectivity index (χ0n) is 17.6. The number of carboxylic acids is 1. The lowest BCUT2D eigenvalue weighted by molar-refractivity contribution is -0.310. The van der Waals surface area contributed by atoms with Crippen molar-refractivity contribution < 1.29 is 46.5 Å². The maximum absolute atomic E-state index is 15.0. The summed E-state index contributed by atoms with van der Waals surface area (Å²) in [6.07, 6.45) is -3.14. The molecular weight excluding hydrogens is 465 g/mol. The Hall–Kier alpha value is -3.63. The maximum atomic E-state index is 15.0. The summed E-state index contributed by atoms with van der Waals surface area (Å²) in [5, 5.41) is 21.4. The summed E-state index contributed by atoms with van der Waals surface area (Å²) >= 11 is 0. The van der Waals surface area contributed by atoms with E-state index in [1.54, 1.807) is 0 Å². The minimum Gasteiger partial charge on any atom is -0.549 e. The molecule has 2 aromatic carbocycles. The largest absolute Gasteiger partial charge is 0.573 e. The molecule has 1 saturated carbocycles. The summed E-state index contributed by atoms with van der Waals surface area (Å²) in [7, 11) is 0. The van der Waals surface area contributed by atoms with Crippen molar-refractivity contribution in [1.82, 2.24) is 4.57 Å². The number of ether oxygens (including phenoxy) is 1. The van der Waals surface area contributed by atoms with E-state index in [0.717, 1.165) is 35.3 Å². The summed E-state index contributed by atoms with van der Waals surface area (Å²) < 4.78 is 71.2. The van der Waals surface area contributed by atoms with E-state index in [1.807, 2.05) is 0 Å². The van der Waals surface area contributed by atoms with Crippen LogP contribution in [0, 0.1) is 24.5 Å². The molecule has 3 aromatic rings. The fraction of sp³-hybridized carbons (Fsp3) is 0.304. The van der Waals surface area contributed by atoms with Crippen molar-refractivity contribution in [1.29, 1.82) is 0 Å². The van der Waals surface area contributed by atoms with Gasteiger partial charge in [-0.05, 0) is 55.5 Å². The lowest BCUT2D eigenvalue weighted by Crippen LogP contribution is -2.37. The summed E-state index contributed by atoms with van der Waals surface area (Å²) in [5.74, 6) is -8.78. The van der Waals surface area contributed by atoms with E-state index in [0.29, 0.717) is 18.9 Å². The molecule has 11 heteroatoms. The highest BCUT2D eigenvalue weighted by molar-refractivity contribution is 6.05. The number of rotatable bonds is 5. The van der Waals surface area contributed by atoms with Crippen LogP contribution in [-0.4, -0.2) is 27.9 Å². The minimum atomic E-state index is -4.94. The van der Waals surface area contributed by atoms with Crippen LogP contribution in [-0.2, 0) is 4.79 Å². The molecule has 0 saturated heterocycles. The number of phenols is 1. The molecule has 1 heterocycles. The molecule has 0 amide bonds. The second-order valence-electron chi connectivity index (χ2n) is 8.11. The van der Waals surface area contributed by atoms with E-state index in [-0.39, 0.29) is 22.3 Å². The Morgan fingerprint density at radius 1 is 1.18 bits per heavy atom. The van der Waals surface area contributed by atoms with Gasteiger partial charge >= 0.3 is 6.36 Å². The number of carbonyl (C=O) groups excluding carboxylic acids is 2. The van der Waals surface area contributed by atoms with Gasteiger partial charge in [-0.2, -0.15) is 0 Å². The lowest BCUT2D eigenvalue weighted by atomic mass is 9.72. The fourth-order valence-corrected chi connectivity index (χ4v) is 4.40. The van der Waals surface area contributed by atoms with Crippen LogP contribution in [0.5, 0.6) is 11.5 Å². The average molecular weight is 482 g/mol. The Labute approximate surface area is 189 Å². The van der Waals surface area contributed by atoms with Crippen molar-refractivity contribution in [2.45, 2.75) is 38.5 Å². The van der Waals surface area contributed by atoms with Crippen molar-refractivity contribution in [3.05, 3.63) is 58.8 Å². The van der Waals surface area contributed by atoms with Gasteiger partial charge in [0, 0.05) is 34.6 Å². The standard InChI is InChI=1S/C23H18F5NO5/c1-10-16(17(22(32)33)11-3-2-4-11)18-15(9-14(24)20(30)19(18)25)29(10)21(31)12-5-7-13(8-6-12)34-23(26,27)28/h5-9,11,17,30H,2-4H2,1H3,(H,32,33)/p-1. The van der Waals surface area contributed by atoms with Crippen LogP contribution in [0.15, 0.2) is 30.3 Å². The molecule has 4 rings (SSSR count). The van der Waals surface area contributed by atoms with Crippen LogP contribution in [0.3, 0.4) is 0 Å². The fourth-order valence-electron chi connectivity index (χ4n) is 4.40. The second kappa shape index (κ2) is 8.30. The first-order chi connectivity index (χ1) is 15.9. The van der Waals surface area contributed by atoms with Crippen molar-refractivity contribution in [2.24, 2.45) is 5.92 Å². The smallest absolute Gasteiger partial charge is 0.549 e. The molecule has 1 aliphatic carbocycles. The highest BCUT2D eigenvalue weighted by Crippen LogP contribution is 2.45. The number of phenolic OH excluding ortho intramolecular Hbond substituents is 1. The third-order valence-electron chi connectivity index (χ3n) is 6.13. The van der Waals surface area contributed by atoms with Crippen molar-refractivity contribution >= 4 is 22.8 Å². The van der Waals surface area contributed by atoms with Crippen LogP contribution in [0.25, 0.3) is 10.9 Å². The molecule has 1 atom stereocenters. The number of hydrogen-bond acceptors (Lipinski definition) is 5. The molecule has 34 heavy (non-hydrogen) atoms. The van der Waals surface area contributed by atoms with Crippen molar-refractivity contribution in [2.75, 3.05) is 0 Å². The van der Waals surface area contributed by atoms with E-state index < -0.39 is 58.6 Å². The highest BCUT2D eigenvalue weighted by atomic mass is 19.4. The number of aromatic hydroxyl groups is 1. The topological polar surface area (TPSA) is 91.6 Å². The molecule has 1 aliphatic rings. The van der Waals surface area contributed by atoms with Gasteiger partial charge in [0.15, 0.2) is 17.4 Å². The molecule has 0 radical (unpaired) electrons. The number of fused-ring (bicyclic) bond motifs is 1. The monoisotopic (exact) mass is 482 g/mol. The van der Waals surface area contributed by atoms with E-state index in [4.69, 9.17) is 0 Å². The van der Waals surface area contributed by atoms with Crippen LogP contribution in [0.2, 0.25) is 0 Å². The molecule has 0 aliphatic heterocycles. The highest BCUT2D eigenvalue weighted by Gasteiger charge is 2.36. The minimum absolute atomic E-state index is 0.0133. The van der Waals surface area contributed by atoms with E-state index >= 15 is 4.39 Å². The van der Waals surface area contributed by atoms with Crippen LogP contribution in [0.4, 0.5) is 22.0 Å². The Morgan fingerprint density at radius 3 is 2.29 bits per heavy atom. The van der Waals surface area contributed by atoms with Crippen LogP contribution < -0.4 is 9.84 Å². The number of halogens is 5. The number of hydrogen-bond donors (Lipinski definition) is 1. The molecule has 180 valence electrons. The number of alkyl halides is 3. The van der Waals surface area contributed by atoms with Gasteiger partial charge in [-0.15, -0.1) is 13.2 Å². The summed E-state index contributed by atoms with van der Waals surface area (Å²) in [6.45, 7) is 1.34. The normalized spacial score (nSPS) is 15.2. The Bertz CT molecular complexity index is 1290. The quantitative estimate of drug-likeness (QED) is 0.552. The third-order valence-corrected chi connectivity index (χ3v) is 6.13. The van der Waals surface area contributed by atoms with Gasteiger partial charge in [0.25, 0.3) is 5.91 Å². The van der Waals surface area contributed by atoms with Crippen LogP contribution in [0.1, 0.15) is 46.8 Å². The third kappa shape index (κ3) is 3.95. The van der Waals surface area contributed by atoms with Crippen molar-refractivity contribution in [3.63, 3.8) is 0 Å². The first-order valence-electron chi connectivity index (χ1n) is 10.2. The van der Waals surface area contributed by atoms with Gasteiger partial charge in [-0.25, -0.2) is 8.78 Å². The predicted octanol–water partition coefficient (Wildman–Crippen LogP) is 4.15. The lowest BCUT2D eigenvalue weighted by Gasteiger charge is -2.35. The number of aromatic nitrogens is 1. The van der Waals surface area contributed by atoms with Gasteiger partial charge in [0.1, 0.15) is 5.75 Å². The van der Waals surface area contributed by atoms with Gasteiger partial charge in [-0.1, -0.05) is 6.42 Å². The van der Waals surface area contributed by atoms with E-state index in [2.05, 4.69) is 4.74 Å². The molecule has 0 spiro atoms. The van der Waals surface area contributed by atoms with E-state index in [1.165, 1.54) is 6.92 Å². The first-order valence-corrected chi connectivity index (χ1v) is 10.2. The Kier molecular flexibility index (Phi) is 5.74. The van der Waals surface area contributed by atoms with Crippen LogP contribution >= 0.6 is 0 Å². The molecule has 6 nitrogen and oxygen atoms in total. The van der Waals surface area contributed by atoms with Crippen molar-refractivity contribution in [3.8, 4) is 11.5 Å². The van der Waals surface area contributed by atoms with Gasteiger partial charge < -0.3 is 19.7 Å². The second-order valence-corrected chi connectivity index (χ2v) is 8.11. The number of carboxylic acid groups (broad SMARTS) is 1. The Balaban J connectivity index is 1.90. The predicted molar refractivity (Wildman–Crippen MR) is 106 cm³/mol. The number of benzene rings is 2. The molecule has 1 fully saturated rings. The zero-order chi connectivity index (χ0) is 24.9. The van der Waals surface area contributed by atoms with Gasteiger partial charge in [-0.3, -0.25) is 9.36 Å². The molecule has 1 aromatic heterocycles. The average Bonchev–Trinajstić information content (AvgIpc) is 2.99. The summed E-state index contributed by atoms with van der Waals surface area (Å²) in [5.41, 5.74) is -0.603. The first kappa shape index (κ1) is 23.5. The zero-order valence-corrected chi connectivity index (χ0v) is 17.6. The number of aliphatic carboxylic acids is 1. The summed E-state index contributed by atoms with van der Waals surface area (Å²) in [6, 6.07) is 4.56. The maximum Gasteiger partial charge on any atom is 0.573 e. The summed E-state index contributed by atoms with van der Waals surface area (Å²) in [4.78, 5) is 25.3. The molecule has 1 N–H and O–H groups in total.